The average Bonchev–Trinajstić information content (AvgIpc) is 3.52. The summed E-state index contributed by atoms with van der Waals surface area (Å²) < 4.78 is 40.1. The van der Waals surface area contributed by atoms with Gasteiger partial charge in [-0.25, -0.2) is 4.98 Å². The summed E-state index contributed by atoms with van der Waals surface area (Å²) in [6.07, 6.45) is 0. The maximum atomic E-state index is 13.2. The van der Waals surface area contributed by atoms with Crippen LogP contribution in [0.2, 0.25) is 0 Å². The molecule has 0 saturated carbocycles. The quantitative estimate of drug-likeness (QED) is 0.304. The number of rotatable bonds is 11. The van der Waals surface area contributed by atoms with E-state index in [1.54, 1.807) is 54.6 Å². The van der Waals surface area contributed by atoms with Crippen molar-refractivity contribution in [1.29, 1.82) is 0 Å². The molecule has 0 aliphatic carbocycles. The first-order valence-electron chi connectivity index (χ1n) is 11.0. The number of carbonyl (C=O) groups is 1. The molecule has 0 atom stereocenters. The van der Waals surface area contributed by atoms with Gasteiger partial charge in [0.05, 0.1) is 10.6 Å². The molecular weight excluding hydrogens is 502 g/mol. The Morgan fingerprint density at radius 2 is 1.89 bits per heavy atom. The SMILES string of the molecule is Cc1oc(-c2cccs2)nc1COc1cccc(CN(CC(=O)O)S(=O)(=O)N(C)c2ccccc2)c1. The minimum absolute atomic E-state index is 0.144. The average molecular weight is 528 g/mol. The van der Waals surface area contributed by atoms with Gasteiger partial charge in [0, 0.05) is 13.6 Å². The molecule has 2 aromatic carbocycles. The largest absolute Gasteiger partial charge is 0.487 e. The lowest BCUT2D eigenvalue weighted by Gasteiger charge is -2.27. The Morgan fingerprint density at radius 1 is 1.11 bits per heavy atom. The van der Waals surface area contributed by atoms with E-state index in [4.69, 9.17) is 9.15 Å². The number of aryl methyl sites for hydroxylation is 1. The standard InChI is InChI=1S/C25H25N3O6S2/c1-18-22(26-25(34-18)23-12-7-13-35-23)17-33-21-11-6-8-19(14-21)15-28(16-24(29)30)36(31,32)27(2)20-9-4-3-5-10-20/h3-14H,15-17H2,1-2H3,(H,29,30). The molecule has 11 heteroatoms. The molecule has 0 radical (unpaired) electrons. The number of carboxylic acid groups (broad SMARTS) is 1. The number of para-hydroxylation sites is 1. The number of aliphatic carboxylic acids is 1. The Morgan fingerprint density at radius 3 is 2.58 bits per heavy atom. The van der Waals surface area contributed by atoms with Gasteiger partial charge < -0.3 is 14.3 Å². The topological polar surface area (TPSA) is 113 Å². The van der Waals surface area contributed by atoms with Crippen LogP contribution in [0.4, 0.5) is 5.69 Å². The van der Waals surface area contributed by atoms with Crippen molar-refractivity contribution in [2.75, 3.05) is 17.9 Å². The number of carboxylic acids is 1. The predicted molar refractivity (Wildman–Crippen MR) is 137 cm³/mol. The zero-order valence-corrected chi connectivity index (χ0v) is 21.3. The van der Waals surface area contributed by atoms with Crippen LogP contribution in [0.25, 0.3) is 10.8 Å². The highest BCUT2D eigenvalue weighted by Crippen LogP contribution is 2.27. The van der Waals surface area contributed by atoms with Crippen LogP contribution in [0, 0.1) is 6.92 Å². The maximum absolute atomic E-state index is 13.2. The number of benzene rings is 2. The van der Waals surface area contributed by atoms with Crippen LogP contribution in [0.15, 0.2) is 76.5 Å². The van der Waals surface area contributed by atoms with E-state index >= 15 is 0 Å². The summed E-state index contributed by atoms with van der Waals surface area (Å²) in [7, 11) is -2.72. The summed E-state index contributed by atoms with van der Waals surface area (Å²) in [5.74, 6) is 0.427. The molecular formula is C25H25N3O6S2. The molecule has 2 aromatic heterocycles. The van der Waals surface area contributed by atoms with Crippen molar-refractivity contribution < 1.29 is 27.5 Å². The fraction of sp³-hybridized carbons (Fsp3) is 0.200. The lowest BCUT2D eigenvalue weighted by Crippen LogP contribution is -2.44. The molecule has 2 heterocycles. The highest BCUT2D eigenvalue weighted by molar-refractivity contribution is 7.90. The molecule has 0 aliphatic heterocycles. The Labute approximate surface area is 213 Å². The third-order valence-corrected chi connectivity index (χ3v) is 8.03. The number of nitrogens with zero attached hydrogens (tertiary/aromatic N) is 3. The number of anilines is 1. The number of hydrogen-bond acceptors (Lipinski definition) is 7. The first-order chi connectivity index (χ1) is 17.2. The van der Waals surface area contributed by atoms with E-state index in [1.807, 2.05) is 24.4 Å². The van der Waals surface area contributed by atoms with Gasteiger partial charge in [0.1, 0.15) is 30.4 Å². The molecule has 4 rings (SSSR count). The Balaban J connectivity index is 1.49. The number of hydrogen-bond donors (Lipinski definition) is 1. The highest BCUT2D eigenvalue weighted by atomic mass is 32.2. The van der Waals surface area contributed by atoms with Crippen molar-refractivity contribution >= 4 is 33.2 Å². The lowest BCUT2D eigenvalue weighted by molar-refractivity contribution is -0.137. The van der Waals surface area contributed by atoms with Crippen molar-refractivity contribution in [3.05, 3.63) is 89.1 Å². The van der Waals surface area contributed by atoms with Gasteiger partial charge in [-0.15, -0.1) is 11.3 Å². The van der Waals surface area contributed by atoms with Crippen LogP contribution in [-0.4, -0.2) is 42.4 Å². The van der Waals surface area contributed by atoms with Crippen molar-refractivity contribution in [2.24, 2.45) is 0 Å². The van der Waals surface area contributed by atoms with Crippen molar-refractivity contribution in [3.63, 3.8) is 0 Å². The second-order valence-corrected chi connectivity index (χ2v) is 10.8. The minimum Gasteiger partial charge on any atom is -0.487 e. The zero-order chi connectivity index (χ0) is 25.7. The normalized spacial score (nSPS) is 11.5. The summed E-state index contributed by atoms with van der Waals surface area (Å²) in [4.78, 5) is 16.9. The van der Waals surface area contributed by atoms with Gasteiger partial charge in [0.15, 0.2) is 0 Å². The van der Waals surface area contributed by atoms with E-state index in [1.165, 1.54) is 18.4 Å². The van der Waals surface area contributed by atoms with Gasteiger partial charge in [-0.3, -0.25) is 9.10 Å². The van der Waals surface area contributed by atoms with E-state index in [9.17, 15) is 18.3 Å². The molecule has 188 valence electrons. The van der Waals surface area contributed by atoms with Crippen LogP contribution in [0.1, 0.15) is 17.0 Å². The van der Waals surface area contributed by atoms with E-state index in [-0.39, 0.29) is 13.2 Å². The summed E-state index contributed by atoms with van der Waals surface area (Å²) in [6, 6.07) is 19.2. The lowest BCUT2D eigenvalue weighted by atomic mass is 10.2. The molecule has 9 nitrogen and oxygen atoms in total. The second-order valence-electron chi connectivity index (χ2n) is 7.91. The van der Waals surface area contributed by atoms with Crippen LogP contribution in [0.3, 0.4) is 0 Å². The molecule has 0 saturated heterocycles. The molecule has 0 spiro atoms. The van der Waals surface area contributed by atoms with E-state index in [2.05, 4.69) is 4.98 Å². The fourth-order valence-corrected chi connectivity index (χ4v) is 5.44. The predicted octanol–water partition coefficient (Wildman–Crippen LogP) is 4.56. The van der Waals surface area contributed by atoms with Crippen molar-refractivity contribution in [3.8, 4) is 16.5 Å². The molecule has 0 amide bonds. The van der Waals surface area contributed by atoms with Crippen LogP contribution >= 0.6 is 11.3 Å². The van der Waals surface area contributed by atoms with Gasteiger partial charge in [0.25, 0.3) is 0 Å². The summed E-state index contributed by atoms with van der Waals surface area (Å²) in [5.41, 5.74) is 1.66. The van der Waals surface area contributed by atoms with Gasteiger partial charge in [-0.2, -0.15) is 12.7 Å². The second kappa shape index (κ2) is 10.9. The number of ether oxygens (including phenoxy) is 1. The molecule has 0 bridgehead atoms. The monoisotopic (exact) mass is 527 g/mol. The van der Waals surface area contributed by atoms with Crippen molar-refractivity contribution in [2.45, 2.75) is 20.1 Å². The third-order valence-electron chi connectivity index (χ3n) is 5.36. The minimum atomic E-state index is -4.12. The van der Waals surface area contributed by atoms with Gasteiger partial charge in [-0.05, 0) is 48.2 Å². The zero-order valence-electron chi connectivity index (χ0n) is 19.7. The maximum Gasteiger partial charge on any atom is 0.318 e. The molecule has 0 fully saturated rings. The van der Waals surface area contributed by atoms with Gasteiger partial charge in [0.2, 0.25) is 5.89 Å². The molecule has 0 unspecified atom stereocenters. The van der Waals surface area contributed by atoms with Crippen LogP contribution in [0.5, 0.6) is 5.75 Å². The molecule has 36 heavy (non-hydrogen) atoms. The number of aromatic nitrogens is 1. The summed E-state index contributed by atoms with van der Waals surface area (Å²) in [6.45, 7) is 1.15. The van der Waals surface area contributed by atoms with E-state index < -0.39 is 22.7 Å². The van der Waals surface area contributed by atoms with Crippen molar-refractivity contribution in [1.82, 2.24) is 9.29 Å². The molecule has 4 aromatic rings. The number of oxazole rings is 1. The first-order valence-corrected chi connectivity index (χ1v) is 13.2. The smallest absolute Gasteiger partial charge is 0.318 e. The third kappa shape index (κ3) is 5.93. The Hall–Kier alpha value is -3.67. The summed E-state index contributed by atoms with van der Waals surface area (Å²) in [5, 5.41) is 11.3. The number of thiophene rings is 1. The van der Waals surface area contributed by atoms with E-state index in [0.717, 1.165) is 13.5 Å². The fourth-order valence-electron chi connectivity index (χ4n) is 3.47. The molecule has 0 aliphatic rings. The molecule has 1 N–H and O–H groups in total. The Kier molecular flexibility index (Phi) is 7.73. The van der Waals surface area contributed by atoms with Gasteiger partial charge in [-0.1, -0.05) is 36.4 Å². The Bertz CT molecular complexity index is 1420. The summed E-state index contributed by atoms with van der Waals surface area (Å²) >= 11 is 1.53. The van der Waals surface area contributed by atoms with E-state index in [0.29, 0.717) is 34.3 Å². The first kappa shape index (κ1) is 25.4. The van der Waals surface area contributed by atoms with Gasteiger partial charge >= 0.3 is 16.2 Å². The highest BCUT2D eigenvalue weighted by Gasteiger charge is 2.29. The van der Waals surface area contributed by atoms with Crippen LogP contribution < -0.4 is 9.04 Å². The van der Waals surface area contributed by atoms with Crippen LogP contribution in [-0.2, 0) is 28.2 Å².